The van der Waals surface area contributed by atoms with E-state index in [1.807, 2.05) is 13.1 Å². The summed E-state index contributed by atoms with van der Waals surface area (Å²) in [4.78, 5) is 14.1. The van der Waals surface area contributed by atoms with Gasteiger partial charge in [-0.2, -0.15) is 0 Å². The zero-order chi connectivity index (χ0) is 11.5. The van der Waals surface area contributed by atoms with Crippen LogP contribution in [-0.4, -0.2) is 19.5 Å². The summed E-state index contributed by atoms with van der Waals surface area (Å²) in [7, 11) is 1.87. The van der Waals surface area contributed by atoms with E-state index >= 15 is 0 Å². The van der Waals surface area contributed by atoms with Gasteiger partial charge in [-0.1, -0.05) is 18.2 Å². The number of fused-ring (bicyclic) bond motifs is 2. The first-order valence-electron chi connectivity index (χ1n) is 5.71. The van der Waals surface area contributed by atoms with Crippen LogP contribution < -0.4 is 10.6 Å². The fourth-order valence-electron chi connectivity index (χ4n) is 3.19. The molecule has 3 nitrogen and oxygen atoms in total. The number of benzene rings is 1. The van der Waals surface area contributed by atoms with Crippen LogP contribution in [0.1, 0.15) is 17.5 Å². The van der Waals surface area contributed by atoms with Gasteiger partial charge in [-0.25, -0.2) is 0 Å². The van der Waals surface area contributed by atoms with Crippen molar-refractivity contribution in [3.8, 4) is 0 Å². The van der Waals surface area contributed by atoms with Crippen LogP contribution in [0.4, 0.5) is 5.69 Å². The van der Waals surface area contributed by atoms with Crippen molar-refractivity contribution in [3.63, 3.8) is 0 Å². The number of hydrogen-bond donors (Lipinski definition) is 1. The molecule has 1 amide bonds. The maximum absolute atomic E-state index is 12.3. The number of likely N-dealkylation sites (N-methyl/N-ethyl adjacent to an activating group) is 1. The Morgan fingerprint density at radius 3 is 2.94 bits per heavy atom. The number of aryl methyl sites for hydroxylation is 1. The standard InChI is InChI=1S/C13H16N2O/c1-8-4-3-5-10-11(8)15(2)12(16)13(10)6-9(13)7-14/h3-5,9H,6-7,14H2,1-2H3. The smallest absolute Gasteiger partial charge is 0.237 e. The number of hydrogen-bond acceptors (Lipinski definition) is 2. The van der Waals surface area contributed by atoms with E-state index in [1.165, 1.54) is 11.1 Å². The highest BCUT2D eigenvalue weighted by molar-refractivity contribution is 6.10. The molecule has 1 aromatic carbocycles. The number of nitrogens with zero attached hydrogens (tertiary/aromatic N) is 1. The van der Waals surface area contributed by atoms with Crippen LogP contribution in [0, 0.1) is 12.8 Å². The Morgan fingerprint density at radius 2 is 2.31 bits per heavy atom. The molecule has 1 spiro atoms. The first kappa shape index (κ1) is 9.85. The highest BCUT2D eigenvalue weighted by Crippen LogP contribution is 2.61. The third kappa shape index (κ3) is 0.901. The van der Waals surface area contributed by atoms with E-state index in [1.54, 1.807) is 4.90 Å². The maximum atomic E-state index is 12.3. The lowest BCUT2D eigenvalue weighted by Gasteiger charge is -2.12. The molecule has 3 heteroatoms. The van der Waals surface area contributed by atoms with E-state index in [4.69, 9.17) is 5.73 Å². The van der Waals surface area contributed by atoms with Gasteiger partial charge in [-0.05, 0) is 36.9 Å². The summed E-state index contributed by atoms with van der Waals surface area (Å²) in [5, 5.41) is 0. The molecule has 1 aliphatic heterocycles. The second kappa shape index (κ2) is 2.86. The minimum Gasteiger partial charge on any atom is -0.330 e. The number of rotatable bonds is 1. The molecule has 0 bridgehead atoms. The molecule has 0 saturated heterocycles. The molecule has 1 fully saturated rings. The van der Waals surface area contributed by atoms with Crippen LogP contribution in [-0.2, 0) is 10.2 Å². The predicted molar refractivity (Wildman–Crippen MR) is 63.4 cm³/mol. The van der Waals surface area contributed by atoms with Gasteiger partial charge >= 0.3 is 0 Å². The Kier molecular flexibility index (Phi) is 1.76. The Balaban J connectivity index is 2.21. The van der Waals surface area contributed by atoms with Gasteiger partial charge in [0.15, 0.2) is 0 Å². The van der Waals surface area contributed by atoms with Crippen LogP contribution in [0.3, 0.4) is 0 Å². The SMILES string of the molecule is Cc1cccc2c1N(C)C(=O)C21CC1CN. The molecule has 2 N–H and O–H groups in total. The summed E-state index contributed by atoms with van der Waals surface area (Å²) >= 11 is 0. The quantitative estimate of drug-likeness (QED) is 0.766. The van der Waals surface area contributed by atoms with Crippen LogP contribution in [0.2, 0.25) is 0 Å². The molecule has 2 atom stereocenters. The van der Waals surface area contributed by atoms with Gasteiger partial charge in [0.25, 0.3) is 0 Å². The average molecular weight is 216 g/mol. The summed E-state index contributed by atoms with van der Waals surface area (Å²) < 4.78 is 0. The fraction of sp³-hybridized carbons (Fsp3) is 0.462. The largest absolute Gasteiger partial charge is 0.330 e. The van der Waals surface area contributed by atoms with Gasteiger partial charge in [0.2, 0.25) is 5.91 Å². The topological polar surface area (TPSA) is 46.3 Å². The molecule has 2 aliphatic rings. The molecule has 3 rings (SSSR count). The highest BCUT2D eigenvalue weighted by atomic mass is 16.2. The molecular weight excluding hydrogens is 200 g/mol. The van der Waals surface area contributed by atoms with E-state index < -0.39 is 0 Å². The Bertz CT molecular complexity index is 483. The van der Waals surface area contributed by atoms with Gasteiger partial charge in [0.1, 0.15) is 0 Å². The van der Waals surface area contributed by atoms with E-state index in [-0.39, 0.29) is 11.3 Å². The second-order valence-electron chi connectivity index (χ2n) is 4.94. The Labute approximate surface area is 95.2 Å². The summed E-state index contributed by atoms with van der Waals surface area (Å²) in [5.74, 6) is 0.567. The molecule has 0 radical (unpaired) electrons. The third-order valence-electron chi connectivity index (χ3n) is 4.13. The van der Waals surface area contributed by atoms with E-state index in [9.17, 15) is 4.79 Å². The maximum Gasteiger partial charge on any atom is 0.237 e. The van der Waals surface area contributed by atoms with Gasteiger partial charge < -0.3 is 10.6 Å². The number of carbonyl (C=O) groups excluding carboxylic acids is 1. The summed E-state index contributed by atoms with van der Waals surface area (Å²) in [6.45, 7) is 2.66. The highest BCUT2D eigenvalue weighted by Gasteiger charge is 2.65. The van der Waals surface area contributed by atoms with Gasteiger partial charge in [0, 0.05) is 7.05 Å². The molecule has 84 valence electrons. The van der Waals surface area contributed by atoms with E-state index in [0.29, 0.717) is 12.5 Å². The fourth-order valence-corrected chi connectivity index (χ4v) is 3.19. The zero-order valence-corrected chi connectivity index (χ0v) is 9.66. The number of amides is 1. The van der Waals surface area contributed by atoms with Gasteiger partial charge in [-0.3, -0.25) is 4.79 Å². The van der Waals surface area contributed by atoms with Crippen LogP contribution >= 0.6 is 0 Å². The molecule has 0 aromatic heterocycles. The van der Waals surface area contributed by atoms with Crippen molar-refractivity contribution < 1.29 is 4.79 Å². The van der Waals surface area contributed by atoms with E-state index in [0.717, 1.165) is 12.1 Å². The number of anilines is 1. The lowest BCUT2D eigenvalue weighted by Crippen LogP contribution is -2.30. The number of nitrogens with two attached hydrogens (primary N) is 1. The van der Waals surface area contributed by atoms with Crippen LogP contribution in [0.25, 0.3) is 0 Å². The number of carbonyl (C=O) groups is 1. The molecule has 1 aromatic rings. The van der Waals surface area contributed by atoms with Crippen LogP contribution in [0.5, 0.6) is 0 Å². The van der Waals surface area contributed by atoms with Crippen molar-refractivity contribution in [3.05, 3.63) is 29.3 Å². The van der Waals surface area contributed by atoms with Gasteiger partial charge in [0.05, 0.1) is 11.1 Å². The molecule has 2 unspecified atom stereocenters. The van der Waals surface area contributed by atoms with Crippen molar-refractivity contribution in [2.24, 2.45) is 11.7 Å². The first-order chi connectivity index (χ1) is 7.63. The van der Waals surface area contributed by atoms with Crippen molar-refractivity contribution in [2.75, 3.05) is 18.5 Å². The third-order valence-corrected chi connectivity index (χ3v) is 4.13. The normalized spacial score (nSPS) is 31.1. The van der Waals surface area contributed by atoms with Crippen molar-refractivity contribution in [1.29, 1.82) is 0 Å². The molecule has 1 aliphatic carbocycles. The lowest BCUT2D eigenvalue weighted by molar-refractivity contribution is -0.120. The monoisotopic (exact) mass is 216 g/mol. The molecule has 16 heavy (non-hydrogen) atoms. The minimum atomic E-state index is -0.273. The van der Waals surface area contributed by atoms with Crippen LogP contribution in [0.15, 0.2) is 18.2 Å². The Morgan fingerprint density at radius 1 is 1.56 bits per heavy atom. The zero-order valence-electron chi connectivity index (χ0n) is 9.66. The Hall–Kier alpha value is -1.35. The van der Waals surface area contributed by atoms with Crippen molar-refractivity contribution in [1.82, 2.24) is 0 Å². The van der Waals surface area contributed by atoms with Crippen molar-refractivity contribution in [2.45, 2.75) is 18.8 Å². The average Bonchev–Trinajstić information content (AvgIpc) is 2.97. The second-order valence-corrected chi connectivity index (χ2v) is 4.94. The minimum absolute atomic E-state index is 0.229. The van der Waals surface area contributed by atoms with E-state index in [2.05, 4.69) is 19.1 Å². The summed E-state index contributed by atoms with van der Waals surface area (Å²) in [6.07, 6.45) is 0.920. The van der Waals surface area contributed by atoms with Gasteiger partial charge in [-0.15, -0.1) is 0 Å². The lowest BCUT2D eigenvalue weighted by atomic mass is 9.93. The summed E-state index contributed by atoms with van der Waals surface area (Å²) in [6, 6.07) is 6.18. The molecular formula is C13H16N2O. The summed E-state index contributed by atoms with van der Waals surface area (Å²) in [5.41, 5.74) is 8.91. The predicted octanol–water partition coefficient (Wildman–Crippen LogP) is 1.19. The molecule has 1 saturated carbocycles. The first-order valence-corrected chi connectivity index (χ1v) is 5.71. The molecule has 1 heterocycles. The number of para-hydroxylation sites is 1. The van der Waals surface area contributed by atoms with Crippen molar-refractivity contribution >= 4 is 11.6 Å².